The molecule has 0 amide bonds. The summed E-state index contributed by atoms with van der Waals surface area (Å²) in [4.78, 5) is 15.3. The Morgan fingerprint density at radius 3 is 2.50 bits per heavy atom. The number of carbonyl (C=O) groups is 1. The average Bonchev–Trinajstić information content (AvgIpc) is 1.84. The summed E-state index contributed by atoms with van der Waals surface area (Å²) in [6.45, 7) is 6.44. The molecule has 0 saturated carbocycles. The average molecular weight is 175 g/mol. The molecule has 0 heterocycles. The van der Waals surface area contributed by atoms with Gasteiger partial charge in [0.25, 0.3) is 0 Å². The van der Waals surface area contributed by atoms with E-state index in [0.717, 1.165) is 0 Å². The van der Waals surface area contributed by atoms with Crippen molar-refractivity contribution in [2.24, 2.45) is 5.92 Å². The molecular formula is C8H17NO3. The van der Waals surface area contributed by atoms with Crippen molar-refractivity contribution < 1.29 is 14.7 Å². The van der Waals surface area contributed by atoms with Crippen LogP contribution in [0.15, 0.2) is 0 Å². The van der Waals surface area contributed by atoms with Crippen LogP contribution in [0.1, 0.15) is 27.2 Å². The molecular weight excluding hydrogens is 158 g/mol. The first-order valence-electron chi connectivity index (χ1n) is 4.11. The van der Waals surface area contributed by atoms with Crippen LogP contribution in [0.2, 0.25) is 0 Å². The zero-order valence-corrected chi connectivity index (χ0v) is 7.83. The molecule has 72 valence electrons. The summed E-state index contributed by atoms with van der Waals surface area (Å²) in [5.41, 5.74) is 2.66. The monoisotopic (exact) mass is 175 g/mol. The van der Waals surface area contributed by atoms with Crippen molar-refractivity contribution in [1.29, 1.82) is 0 Å². The minimum Gasteiger partial charge on any atom is -0.481 e. The van der Waals surface area contributed by atoms with Crippen molar-refractivity contribution in [1.82, 2.24) is 5.48 Å². The molecule has 4 heteroatoms. The van der Waals surface area contributed by atoms with Gasteiger partial charge in [-0.3, -0.25) is 4.79 Å². The van der Waals surface area contributed by atoms with E-state index in [4.69, 9.17) is 9.94 Å². The maximum atomic E-state index is 10.2. The lowest BCUT2D eigenvalue weighted by Gasteiger charge is -2.12. The fourth-order valence-corrected chi connectivity index (χ4v) is 0.661. The van der Waals surface area contributed by atoms with Crippen LogP contribution in [-0.2, 0) is 9.63 Å². The van der Waals surface area contributed by atoms with Gasteiger partial charge in [-0.1, -0.05) is 13.8 Å². The van der Waals surface area contributed by atoms with Crippen molar-refractivity contribution in [3.05, 3.63) is 0 Å². The molecule has 0 bridgehead atoms. The van der Waals surface area contributed by atoms with Crippen LogP contribution in [0, 0.1) is 5.92 Å². The van der Waals surface area contributed by atoms with Gasteiger partial charge in [-0.15, -0.1) is 0 Å². The highest BCUT2D eigenvalue weighted by atomic mass is 16.6. The van der Waals surface area contributed by atoms with Crippen LogP contribution in [-0.4, -0.2) is 23.7 Å². The third-order valence-corrected chi connectivity index (χ3v) is 1.18. The van der Waals surface area contributed by atoms with Crippen LogP contribution >= 0.6 is 0 Å². The fourth-order valence-electron chi connectivity index (χ4n) is 0.661. The maximum absolute atomic E-state index is 10.2. The lowest BCUT2D eigenvalue weighted by atomic mass is 10.2. The molecule has 4 nitrogen and oxygen atoms in total. The molecule has 1 atom stereocenters. The summed E-state index contributed by atoms with van der Waals surface area (Å²) < 4.78 is 0. The highest BCUT2D eigenvalue weighted by molar-refractivity contribution is 5.67. The predicted octanol–water partition coefficient (Wildman–Crippen LogP) is 1.03. The second kappa shape index (κ2) is 5.97. The van der Waals surface area contributed by atoms with Gasteiger partial charge in [0.1, 0.15) is 0 Å². The van der Waals surface area contributed by atoms with Crippen LogP contribution < -0.4 is 5.48 Å². The zero-order valence-electron chi connectivity index (χ0n) is 7.83. The van der Waals surface area contributed by atoms with Gasteiger partial charge in [0.15, 0.2) is 0 Å². The van der Waals surface area contributed by atoms with Crippen molar-refractivity contribution in [2.45, 2.75) is 33.2 Å². The van der Waals surface area contributed by atoms with E-state index in [0.29, 0.717) is 12.5 Å². The number of nitrogens with one attached hydrogen (secondary N) is 1. The smallest absolute Gasteiger partial charge is 0.305 e. The Balaban J connectivity index is 3.31. The van der Waals surface area contributed by atoms with E-state index < -0.39 is 5.97 Å². The summed E-state index contributed by atoms with van der Waals surface area (Å²) in [7, 11) is 0. The predicted molar refractivity (Wildman–Crippen MR) is 45.6 cm³/mol. The lowest BCUT2D eigenvalue weighted by Crippen LogP contribution is -2.29. The summed E-state index contributed by atoms with van der Waals surface area (Å²) in [6, 6.07) is -0.138. The minimum atomic E-state index is -0.817. The van der Waals surface area contributed by atoms with E-state index in [9.17, 15) is 4.79 Å². The van der Waals surface area contributed by atoms with E-state index >= 15 is 0 Å². The molecule has 2 N–H and O–H groups in total. The Morgan fingerprint density at radius 1 is 1.50 bits per heavy atom. The number of aliphatic carboxylic acids is 1. The van der Waals surface area contributed by atoms with Crippen LogP contribution in [0.5, 0.6) is 0 Å². The fraction of sp³-hybridized carbons (Fsp3) is 0.875. The Labute approximate surface area is 72.9 Å². The van der Waals surface area contributed by atoms with Crippen LogP contribution in [0.25, 0.3) is 0 Å². The molecule has 0 aromatic heterocycles. The standard InChI is InChI=1S/C8H17NO3/c1-6(2)5-12-9-7(3)4-8(10)11/h6-7,9H,4-5H2,1-3H3,(H,10,11). The molecule has 0 radical (unpaired) electrons. The highest BCUT2D eigenvalue weighted by Gasteiger charge is 2.06. The molecule has 0 rings (SSSR count). The molecule has 12 heavy (non-hydrogen) atoms. The quantitative estimate of drug-likeness (QED) is 0.592. The summed E-state index contributed by atoms with van der Waals surface area (Å²) in [5, 5.41) is 8.40. The zero-order chi connectivity index (χ0) is 9.56. The lowest BCUT2D eigenvalue weighted by molar-refractivity contribution is -0.138. The second-order valence-electron chi connectivity index (χ2n) is 3.32. The van der Waals surface area contributed by atoms with Crippen LogP contribution in [0.4, 0.5) is 0 Å². The number of hydrogen-bond acceptors (Lipinski definition) is 3. The molecule has 0 aliphatic rings. The first kappa shape index (κ1) is 11.4. The van der Waals surface area contributed by atoms with Gasteiger partial charge in [-0.05, 0) is 12.8 Å². The maximum Gasteiger partial charge on any atom is 0.305 e. The van der Waals surface area contributed by atoms with Gasteiger partial charge in [-0.2, -0.15) is 5.48 Å². The first-order chi connectivity index (χ1) is 5.52. The van der Waals surface area contributed by atoms with Crippen molar-refractivity contribution in [3.63, 3.8) is 0 Å². The van der Waals surface area contributed by atoms with Gasteiger partial charge in [0, 0.05) is 6.04 Å². The Morgan fingerprint density at radius 2 is 2.08 bits per heavy atom. The Hall–Kier alpha value is -0.610. The van der Waals surface area contributed by atoms with E-state index in [1.165, 1.54) is 0 Å². The summed E-state index contributed by atoms with van der Waals surface area (Å²) in [5.74, 6) is -0.363. The van der Waals surface area contributed by atoms with Gasteiger partial charge in [0.2, 0.25) is 0 Å². The molecule has 1 unspecified atom stereocenters. The van der Waals surface area contributed by atoms with Gasteiger partial charge >= 0.3 is 5.97 Å². The van der Waals surface area contributed by atoms with Crippen molar-refractivity contribution in [2.75, 3.05) is 6.61 Å². The molecule has 0 aromatic carbocycles. The molecule has 0 saturated heterocycles. The molecule has 0 spiro atoms. The molecule has 0 aromatic rings. The number of carboxylic acids is 1. The second-order valence-corrected chi connectivity index (χ2v) is 3.32. The largest absolute Gasteiger partial charge is 0.481 e. The number of hydroxylamine groups is 1. The SMILES string of the molecule is CC(C)CONC(C)CC(=O)O. The highest BCUT2D eigenvalue weighted by Crippen LogP contribution is 1.93. The normalized spacial score (nSPS) is 13.3. The van der Waals surface area contributed by atoms with E-state index in [2.05, 4.69) is 5.48 Å². The van der Waals surface area contributed by atoms with Gasteiger partial charge < -0.3 is 9.94 Å². The molecule has 0 fully saturated rings. The molecule has 0 aliphatic heterocycles. The third-order valence-electron chi connectivity index (χ3n) is 1.18. The molecule has 0 aliphatic carbocycles. The van der Waals surface area contributed by atoms with E-state index in [-0.39, 0.29) is 12.5 Å². The van der Waals surface area contributed by atoms with Gasteiger partial charge in [-0.25, -0.2) is 0 Å². The van der Waals surface area contributed by atoms with E-state index in [1.54, 1.807) is 6.92 Å². The number of carboxylic acid groups (broad SMARTS) is 1. The Kier molecular flexibility index (Phi) is 5.66. The summed E-state index contributed by atoms with van der Waals surface area (Å²) in [6.07, 6.45) is 0.0814. The number of hydrogen-bond donors (Lipinski definition) is 2. The first-order valence-corrected chi connectivity index (χ1v) is 4.11. The minimum absolute atomic E-state index is 0.0814. The third kappa shape index (κ3) is 7.50. The van der Waals surface area contributed by atoms with Gasteiger partial charge in [0.05, 0.1) is 13.0 Å². The number of rotatable bonds is 6. The van der Waals surface area contributed by atoms with Crippen molar-refractivity contribution in [3.8, 4) is 0 Å². The topological polar surface area (TPSA) is 58.6 Å². The van der Waals surface area contributed by atoms with E-state index in [1.807, 2.05) is 13.8 Å². The van der Waals surface area contributed by atoms with Crippen LogP contribution in [0.3, 0.4) is 0 Å². The summed E-state index contributed by atoms with van der Waals surface area (Å²) >= 11 is 0. The van der Waals surface area contributed by atoms with Crippen molar-refractivity contribution >= 4 is 5.97 Å². The Bertz CT molecular complexity index is 136.